The van der Waals surface area contributed by atoms with Gasteiger partial charge in [0.25, 0.3) is 0 Å². The summed E-state index contributed by atoms with van der Waals surface area (Å²) < 4.78 is 0. The molecular weight excluding hydrogens is 166 g/mol. The molecule has 0 aliphatic rings. The molecule has 0 aliphatic carbocycles. The van der Waals surface area contributed by atoms with E-state index in [1.165, 1.54) is 0 Å². The van der Waals surface area contributed by atoms with Crippen LogP contribution >= 0.6 is 0 Å². The van der Waals surface area contributed by atoms with Crippen molar-refractivity contribution in [2.24, 2.45) is 0 Å². The summed E-state index contributed by atoms with van der Waals surface area (Å²) >= 11 is 0. The molecule has 0 bridgehead atoms. The molecule has 0 radical (unpaired) electrons. The van der Waals surface area contributed by atoms with E-state index in [4.69, 9.17) is 0 Å². The van der Waals surface area contributed by atoms with E-state index < -0.39 is 0 Å². The number of carbonyl (C=O) groups excluding carboxylic acids is 1. The van der Waals surface area contributed by atoms with Gasteiger partial charge in [-0.25, -0.2) is 0 Å². The number of hydrogen-bond donors (Lipinski definition) is 2. The summed E-state index contributed by atoms with van der Waals surface area (Å²) in [5.41, 5.74) is 1.09. The first kappa shape index (κ1) is 9.80. The van der Waals surface area contributed by atoms with Crippen LogP contribution in [0.4, 0.5) is 0 Å². The molecule has 0 aromatic carbocycles. The first-order valence-electron chi connectivity index (χ1n) is 4.23. The van der Waals surface area contributed by atoms with Crippen LogP contribution in [0.5, 0.6) is 0 Å². The van der Waals surface area contributed by atoms with Crippen molar-refractivity contribution < 1.29 is 4.79 Å². The fraction of sp³-hybridized carbons (Fsp3) is 0.444. The number of aromatic nitrogens is 1. The van der Waals surface area contributed by atoms with Gasteiger partial charge in [0, 0.05) is 32.5 Å². The van der Waals surface area contributed by atoms with Gasteiger partial charge in [-0.15, -0.1) is 0 Å². The van der Waals surface area contributed by atoms with Crippen LogP contribution in [0.25, 0.3) is 0 Å². The van der Waals surface area contributed by atoms with Crippen LogP contribution < -0.4 is 5.32 Å². The molecule has 0 atom stereocenters. The quantitative estimate of drug-likeness (QED) is 0.696. The third-order valence-corrected chi connectivity index (χ3v) is 1.75. The Balaban J connectivity index is 2.18. The van der Waals surface area contributed by atoms with Gasteiger partial charge in [0.2, 0.25) is 5.91 Å². The average molecular weight is 181 g/mol. The second-order valence-corrected chi connectivity index (χ2v) is 3.09. The van der Waals surface area contributed by atoms with Crippen LogP contribution in [-0.2, 0) is 11.3 Å². The molecule has 13 heavy (non-hydrogen) atoms. The van der Waals surface area contributed by atoms with Crippen LogP contribution in [0.3, 0.4) is 0 Å². The lowest BCUT2D eigenvalue weighted by atomic mass is 10.4. The lowest BCUT2D eigenvalue weighted by molar-refractivity contribution is -0.127. The van der Waals surface area contributed by atoms with Gasteiger partial charge in [-0.1, -0.05) is 0 Å². The van der Waals surface area contributed by atoms with Gasteiger partial charge < -0.3 is 15.2 Å². The zero-order valence-electron chi connectivity index (χ0n) is 8.00. The number of aromatic amines is 1. The predicted octanol–water partition coefficient (Wildman–Crippen LogP) is 0.192. The average Bonchev–Trinajstić information content (AvgIpc) is 2.56. The van der Waals surface area contributed by atoms with Gasteiger partial charge in [0.1, 0.15) is 0 Å². The Hall–Kier alpha value is -1.29. The van der Waals surface area contributed by atoms with Crippen molar-refractivity contribution in [2.75, 3.05) is 20.6 Å². The third kappa shape index (κ3) is 3.29. The Morgan fingerprint density at radius 1 is 1.62 bits per heavy atom. The van der Waals surface area contributed by atoms with E-state index in [1.807, 2.05) is 18.3 Å². The topological polar surface area (TPSA) is 48.1 Å². The Morgan fingerprint density at radius 2 is 2.38 bits per heavy atom. The van der Waals surface area contributed by atoms with E-state index in [9.17, 15) is 4.79 Å². The Labute approximate surface area is 77.9 Å². The van der Waals surface area contributed by atoms with Crippen LogP contribution in [0.2, 0.25) is 0 Å². The highest BCUT2D eigenvalue weighted by atomic mass is 16.2. The second kappa shape index (κ2) is 4.67. The Kier molecular flexibility index (Phi) is 3.52. The lowest BCUT2D eigenvalue weighted by Crippen LogP contribution is -2.32. The highest BCUT2D eigenvalue weighted by Crippen LogP contribution is 1.92. The predicted molar refractivity (Wildman–Crippen MR) is 51.2 cm³/mol. The standard InChI is InChI=1S/C9H15N3O/c1-12(2)9(13)7-10-6-8-4-3-5-11-8/h3-5,10-11H,6-7H2,1-2H3. The summed E-state index contributed by atoms with van der Waals surface area (Å²) in [4.78, 5) is 15.7. The van der Waals surface area contributed by atoms with Crippen molar-refractivity contribution in [2.45, 2.75) is 6.54 Å². The van der Waals surface area contributed by atoms with Crippen LogP contribution in [0.15, 0.2) is 18.3 Å². The minimum atomic E-state index is 0.0894. The van der Waals surface area contributed by atoms with E-state index in [0.29, 0.717) is 13.1 Å². The fourth-order valence-corrected chi connectivity index (χ4v) is 0.940. The maximum atomic E-state index is 11.1. The first-order chi connectivity index (χ1) is 6.20. The largest absolute Gasteiger partial charge is 0.364 e. The number of nitrogens with one attached hydrogen (secondary N) is 2. The van der Waals surface area contributed by atoms with E-state index in [1.54, 1.807) is 19.0 Å². The molecule has 1 aromatic rings. The molecule has 1 heterocycles. The molecule has 1 rings (SSSR count). The highest BCUT2D eigenvalue weighted by Gasteiger charge is 2.01. The third-order valence-electron chi connectivity index (χ3n) is 1.75. The molecule has 0 aliphatic heterocycles. The summed E-state index contributed by atoms with van der Waals surface area (Å²) in [5.74, 6) is 0.0894. The molecule has 72 valence electrons. The summed E-state index contributed by atoms with van der Waals surface area (Å²) in [7, 11) is 3.50. The summed E-state index contributed by atoms with van der Waals surface area (Å²) in [6, 6.07) is 3.91. The van der Waals surface area contributed by atoms with E-state index >= 15 is 0 Å². The number of carbonyl (C=O) groups is 1. The van der Waals surface area contributed by atoms with Gasteiger partial charge in [-0.2, -0.15) is 0 Å². The summed E-state index contributed by atoms with van der Waals surface area (Å²) in [6.45, 7) is 1.08. The minimum absolute atomic E-state index is 0.0894. The number of amides is 1. The zero-order valence-corrected chi connectivity index (χ0v) is 8.00. The molecule has 2 N–H and O–H groups in total. The zero-order chi connectivity index (χ0) is 9.68. The maximum absolute atomic E-state index is 11.1. The van der Waals surface area contributed by atoms with Gasteiger partial charge in [0.15, 0.2) is 0 Å². The molecule has 0 saturated heterocycles. The van der Waals surface area contributed by atoms with Gasteiger partial charge in [-0.3, -0.25) is 4.79 Å². The van der Waals surface area contributed by atoms with Gasteiger partial charge in [-0.05, 0) is 12.1 Å². The van der Waals surface area contributed by atoms with Crippen molar-refractivity contribution >= 4 is 5.91 Å². The Bertz CT molecular complexity index is 254. The molecule has 1 aromatic heterocycles. The molecule has 0 unspecified atom stereocenters. The molecular formula is C9H15N3O. The van der Waals surface area contributed by atoms with Crippen LogP contribution in [-0.4, -0.2) is 36.4 Å². The lowest BCUT2D eigenvalue weighted by Gasteiger charge is -2.10. The van der Waals surface area contributed by atoms with E-state index in [0.717, 1.165) is 5.69 Å². The van der Waals surface area contributed by atoms with Crippen LogP contribution in [0.1, 0.15) is 5.69 Å². The van der Waals surface area contributed by atoms with Crippen LogP contribution in [0, 0.1) is 0 Å². The molecule has 4 heteroatoms. The number of H-pyrrole nitrogens is 1. The first-order valence-corrected chi connectivity index (χ1v) is 4.23. The van der Waals surface area contributed by atoms with Gasteiger partial charge in [0.05, 0.1) is 6.54 Å². The SMILES string of the molecule is CN(C)C(=O)CNCc1ccc[nH]1. The summed E-state index contributed by atoms with van der Waals surface area (Å²) in [6.07, 6.45) is 1.87. The van der Waals surface area contributed by atoms with E-state index in [-0.39, 0.29) is 5.91 Å². The van der Waals surface area contributed by atoms with Gasteiger partial charge >= 0.3 is 0 Å². The number of hydrogen-bond acceptors (Lipinski definition) is 2. The van der Waals surface area contributed by atoms with Crippen molar-refractivity contribution in [3.8, 4) is 0 Å². The van der Waals surface area contributed by atoms with Crippen molar-refractivity contribution in [1.82, 2.24) is 15.2 Å². The maximum Gasteiger partial charge on any atom is 0.236 e. The fourth-order valence-electron chi connectivity index (χ4n) is 0.940. The van der Waals surface area contributed by atoms with Crippen molar-refractivity contribution in [3.63, 3.8) is 0 Å². The number of nitrogens with zero attached hydrogens (tertiary/aromatic N) is 1. The smallest absolute Gasteiger partial charge is 0.236 e. The second-order valence-electron chi connectivity index (χ2n) is 3.09. The van der Waals surface area contributed by atoms with Crippen molar-refractivity contribution in [1.29, 1.82) is 0 Å². The Morgan fingerprint density at radius 3 is 2.92 bits per heavy atom. The molecule has 0 spiro atoms. The van der Waals surface area contributed by atoms with E-state index in [2.05, 4.69) is 10.3 Å². The molecule has 4 nitrogen and oxygen atoms in total. The summed E-state index contributed by atoms with van der Waals surface area (Å²) in [5, 5.41) is 3.05. The highest BCUT2D eigenvalue weighted by molar-refractivity contribution is 5.77. The molecule has 0 fully saturated rings. The van der Waals surface area contributed by atoms with Crippen molar-refractivity contribution in [3.05, 3.63) is 24.0 Å². The number of likely N-dealkylation sites (N-methyl/N-ethyl adjacent to an activating group) is 1. The molecule has 0 saturated carbocycles. The number of rotatable bonds is 4. The monoisotopic (exact) mass is 181 g/mol. The minimum Gasteiger partial charge on any atom is -0.364 e. The normalized spacial score (nSPS) is 10.0. The molecule has 1 amide bonds.